The number of halogens is 1. The molecule has 20 heavy (non-hydrogen) atoms. The molecule has 1 unspecified atom stereocenters. The number of nitrogens with one attached hydrogen (secondary N) is 1. The molecule has 1 heterocycles. The average molecular weight is 280 g/mol. The van der Waals surface area contributed by atoms with Crippen LogP contribution in [0.15, 0.2) is 18.2 Å². The maximum atomic E-state index is 14.2. The van der Waals surface area contributed by atoms with Gasteiger partial charge in [-0.1, -0.05) is 19.4 Å². The van der Waals surface area contributed by atoms with Gasteiger partial charge in [-0.05, 0) is 30.0 Å². The molecule has 1 aromatic carbocycles. The number of nitrogens with zero attached hydrogens (tertiary/aromatic N) is 1. The largest absolute Gasteiger partial charge is 0.383 e. The standard InChI is InChI=1S/C16H25FN2O/c1-3-13-6-8-19(12-13)16-5-4-14(10-15(16)17)11-18-7-9-20-2/h4-5,10,13,18H,3,6-9,11-12H2,1-2H3. The van der Waals surface area contributed by atoms with Gasteiger partial charge >= 0.3 is 0 Å². The van der Waals surface area contributed by atoms with Crippen molar-refractivity contribution in [3.63, 3.8) is 0 Å². The lowest BCUT2D eigenvalue weighted by atomic mass is 10.1. The van der Waals surface area contributed by atoms with E-state index in [0.717, 1.165) is 30.9 Å². The quantitative estimate of drug-likeness (QED) is 0.777. The Kier molecular flexibility index (Phi) is 5.80. The number of ether oxygens (including phenoxy) is 1. The van der Waals surface area contributed by atoms with Crippen LogP contribution in [0.4, 0.5) is 10.1 Å². The van der Waals surface area contributed by atoms with Crippen LogP contribution in [0.25, 0.3) is 0 Å². The molecule has 1 aromatic rings. The van der Waals surface area contributed by atoms with Gasteiger partial charge in [0.05, 0.1) is 12.3 Å². The monoisotopic (exact) mass is 280 g/mol. The van der Waals surface area contributed by atoms with Crippen LogP contribution in [0.3, 0.4) is 0 Å². The fourth-order valence-electron chi connectivity index (χ4n) is 2.71. The maximum absolute atomic E-state index is 14.2. The van der Waals surface area contributed by atoms with E-state index in [1.54, 1.807) is 13.2 Å². The van der Waals surface area contributed by atoms with Crippen LogP contribution in [-0.4, -0.2) is 33.4 Å². The molecule has 0 aromatic heterocycles. The van der Waals surface area contributed by atoms with Crippen molar-refractivity contribution in [2.75, 3.05) is 38.3 Å². The van der Waals surface area contributed by atoms with E-state index in [1.807, 2.05) is 12.1 Å². The average Bonchev–Trinajstić information content (AvgIpc) is 2.92. The summed E-state index contributed by atoms with van der Waals surface area (Å²) in [6.07, 6.45) is 2.36. The first-order valence-corrected chi connectivity index (χ1v) is 7.47. The van der Waals surface area contributed by atoms with Crippen LogP contribution in [-0.2, 0) is 11.3 Å². The summed E-state index contributed by atoms with van der Waals surface area (Å²) in [7, 11) is 1.68. The molecule has 4 heteroatoms. The molecule has 0 amide bonds. The molecule has 0 bridgehead atoms. The van der Waals surface area contributed by atoms with Gasteiger partial charge in [-0.25, -0.2) is 4.39 Å². The molecule has 1 atom stereocenters. The topological polar surface area (TPSA) is 24.5 Å². The van der Waals surface area contributed by atoms with Gasteiger partial charge in [0.25, 0.3) is 0 Å². The summed E-state index contributed by atoms with van der Waals surface area (Å²) in [4.78, 5) is 2.17. The molecule has 0 radical (unpaired) electrons. The van der Waals surface area contributed by atoms with Crippen molar-refractivity contribution in [2.24, 2.45) is 5.92 Å². The van der Waals surface area contributed by atoms with Crippen LogP contribution in [0, 0.1) is 11.7 Å². The van der Waals surface area contributed by atoms with Crippen molar-refractivity contribution < 1.29 is 9.13 Å². The molecule has 2 rings (SSSR count). The molecule has 0 aliphatic carbocycles. The number of rotatable bonds is 7. The van der Waals surface area contributed by atoms with Crippen LogP contribution in [0.1, 0.15) is 25.3 Å². The minimum absolute atomic E-state index is 0.104. The molecule has 1 aliphatic rings. The van der Waals surface area contributed by atoms with E-state index in [4.69, 9.17) is 4.74 Å². The molecule has 1 fully saturated rings. The Hall–Kier alpha value is -1.13. The highest BCUT2D eigenvalue weighted by atomic mass is 19.1. The van der Waals surface area contributed by atoms with E-state index in [0.29, 0.717) is 19.1 Å². The third-order valence-corrected chi connectivity index (χ3v) is 4.03. The van der Waals surface area contributed by atoms with E-state index in [1.165, 1.54) is 12.8 Å². The number of hydrogen-bond donors (Lipinski definition) is 1. The van der Waals surface area contributed by atoms with Gasteiger partial charge in [-0.2, -0.15) is 0 Å². The van der Waals surface area contributed by atoms with Crippen molar-refractivity contribution in [3.05, 3.63) is 29.6 Å². The fraction of sp³-hybridized carbons (Fsp3) is 0.625. The van der Waals surface area contributed by atoms with Gasteiger partial charge < -0.3 is 15.0 Å². The Labute approximate surface area is 121 Å². The summed E-state index contributed by atoms with van der Waals surface area (Å²) < 4.78 is 19.2. The van der Waals surface area contributed by atoms with Crippen molar-refractivity contribution in [3.8, 4) is 0 Å². The second kappa shape index (κ2) is 7.60. The van der Waals surface area contributed by atoms with Gasteiger partial charge in [0.15, 0.2) is 0 Å². The molecule has 0 spiro atoms. The van der Waals surface area contributed by atoms with Gasteiger partial charge in [0.2, 0.25) is 0 Å². The Morgan fingerprint density at radius 2 is 2.30 bits per heavy atom. The van der Waals surface area contributed by atoms with Crippen molar-refractivity contribution in [1.82, 2.24) is 5.32 Å². The smallest absolute Gasteiger partial charge is 0.146 e. The molecule has 112 valence electrons. The highest BCUT2D eigenvalue weighted by Gasteiger charge is 2.23. The third kappa shape index (κ3) is 3.93. The molecule has 3 nitrogen and oxygen atoms in total. The minimum atomic E-state index is -0.104. The molecule has 1 saturated heterocycles. The van der Waals surface area contributed by atoms with E-state index < -0.39 is 0 Å². The first-order chi connectivity index (χ1) is 9.74. The lowest BCUT2D eigenvalue weighted by molar-refractivity contribution is 0.199. The number of methoxy groups -OCH3 is 1. The van der Waals surface area contributed by atoms with E-state index in [9.17, 15) is 4.39 Å². The summed E-state index contributed by atoms with van der Waals surface area (Å²) in [6.45, 7) is 6.30. The first kappa shape index (κ1) is 15.3. The summed E-state index contributed by atoms with van der Waals surface area (Å²) >= 11 is 0. The van der Waals surface area contributed by atoms with E-state index in [-0.39, 0.29) is 5.82 Å². The zero-order valence-corrected chi connectivity index (χ0v) is 12.5. The number of benzene rings is 1. The van der Waals surface area contributed by atoms with Gasteiger partial charge in [-0.3, -0.25) is 0 Å². The zero-order valence-electron chi connectivity index (χ0n) is 12.5. The predicted molar refractivity (Wildman–Crippen MR) is 80.6 cm³/mol. The molecule has 1 aliphatic heterocycles. The summed E-state index contributed by atoms with van der Waals surface area (Å²) in [6, 6.07) is 5.58. The van der Waals surface area contributed by atoms with Crippen LogP contribution < -0.4 is 10.2 Å². The molecule has 0 saturated carbocycles. The predicted octanol–water partition coefficient (Wildman–Crippen LogP) is 2.80. The minimum Gasteiger partial charge on any atom is -0.383 e. The third-order valence-electron chi connectivity index (χ3n) is 4.03. The Morgan fingerprint density at radius 3 is 2.95 bits per heavy atom. The van der Waals surface area contributed by atoms with Crippen LogP contribution in [0.2, 0.25) is 0 Å². The Balaban J connectivity index is 1.92. The van der Waals surface area contributed by atoms with Gasteiger partial charge in [0, 0.05) is 33.3 Å². The first-order valence-electron chi connectivity index (χ1n) is 7.47. The van der Waals surface area contributed by atoms with Gasteiger partial charge in [-0.15, -0.1) is 0 Å². The fourth-order valence-corrected chi connectivity index (χ4v) is 2.71. The molecular formula is C16H25FN2O. The highest BCUT2D eigenvalue weighted by Crippen LogP contribution is 2.28. The summed E-state index contributed by atoms with van der Waals surface area (Å²) in [5.41, 5.74) is 1.73. The maximum Gasteiger partial charge on any atom is 0.146 e. The van der Waals surface area contributed by atoms with Crippen LogP contribution in [0.5, 0.6) is 0 Å². The van der Waals surface area contributed by atoms with Crippen molar-refractivity contribution in [1.29, 1.82) is 0 Å². The lowest BCUT2D eigenvalue weighted by Gasteiger charge is -2.19. The van der Waals surface area contributed by atoms with Crippen molar-refractivity contribution in [2.45, 2.75) is 26.3 Å². The Morgan fingerprint density at radius 1 is 1.45 bits per heavy atom. The Bertz CT molecular complexity index is 425. The van der Waals surface area contributed by atoms with Gasteiger partial charge in [0.1, 0.15) is 5.82 Å². The molecule has 1 N–H and O–H groups in total. The second-order valence-corrected chi connectivity index (χ2v) is 5.46. The van der Waals surface area contributed by atoms with Crippen molar-refractivity contribution >= 4 is 5.69 Å². The second-order valence-electron chi connectivity index (χ2n) is 5.46. The SMILES string of the molecule is CCC1CCN(c2ccc(CNCCOC)cc2F)C1. The summed E-state index contributed by atoms with van der Waals surface area (Å²) in [5, 5.41) is 3.23. The zero-order chi connectivity index (χ0) is 14.4. The van der Waals surface area contributed by atoms with E-state index >= 15 is 0 Å². The highest BCUT2D eigenvalue weighted by molar-refractivity contribution is 5.50. The lowest BCUT2D eigenvalue weighted by Crippen LogP contribution is -2.21. The normalized spacial score (nSPS) is 18.8. The van der Waals surface area contributed by atoms with Crippen LogP contribution >= 0.6 is 0 Å². The number of anilines is 1. The summed E-state index contributed by atoms with van der Waals surface area (Å²) in [5.74, 6) is 0.609. The number of hydrogen-bond acceptors (Lipinski definition) is 3. The molecular weight excluding hydrogens is 255 g/mol. The van der Waals surface area contributed by atoms with E-state index in [2.05, 4.69) is 17.1 Å².